The summed E-state index contributed by atoms with van der Waals surface area (Å²) in [5.74, 6) is -0.784. The second-order valence-electron chi connectivity index (χ2n) is 5.47. The molecule has 0 aliphatic carbocycles. The number of hydrogen-bond acceptors (Lipinski definition) is 5. The first-order valence-electron chi connectivity index (χ1n) is 8.40. The molecule has 1 atom stereocenters. The number of hydrogen-bond donors (Lipinski definition) is 2. The highest BCUT2D eigenvalue weighted by atomic mass is 16.5. The van der Waals surface area contributed by atoms with Crippen molar-refractivity contribution in [3.05, 3.63) is 47.2 Å². The molecule has 0 saturated heterocycles. The van der Waals surface area contributed by atoms with E-state index in [0.717, 1.165) is 12.0 Å². The number of amides is 1. The molecule has 1 aromatic rings. The van der Waals surface area contributed by atoms with Gasteiger partial charge in [0.15, 0.2) is 0 Å². The van der Waals surface area contributed by atoms with Crippen LogP contribution in [0.2, 0.25) is 0 Å². The lowest BCUT2D eigenvalue weighted by molar-refractivity contribution is -0.142. The molecule has 1 rings (SSSR count). The van der Waals surface area contributed by atoms with Crippen LogP contribution in [0.15, 0.2) is 36.0 Å². The van der Waals surface area contributed by atoms with E-state index in [9.17, 15) is 9.59 Å². The van der Waals surface area contributed by atoms with Gasteiger partial charge in [0.1, 0.15) is 11.6 Å². The molecule has 0 saturated carbocycles. The van der Waals surface area contributed by atoms with E-state index in [1.54, 1.807) is 6.92 Å². The molecule has 0 bridgehead atoms. The summed E-state index contributed by atoms with van der Waals surface area (Å²) in [4.78, 5) is 23.4. The first-order chi connectivity index (χ1) is 12.0. The Morgan fingerprint density at radius 2 is 1.96 bits per heavy atom. The molecule has 0 aliphatic heterocycles. The topological polar surface area (TPSA) is 91.2 Å². The molecule has 0 radical (unpaired) electrons. The number of carbonyl (C=O) groups excluding carboxylic acids is 2. The third-order valence-corrected chi connectivity index (χ3v) is 3.63. The van der Waals surface area contributed by atoms with Crippen molar-refractivity contribution in [2.75, 3.05) is 13.2 Å². The van der Waals surface area contributed by atoms with Crippen molar-refractivity contribution in [1.29, 1.82) is 5.26 Å². The van der Waals surface area contributed by atoms with Gasteiger partial charge < -0.3 is 15.4 Å². The highest BCUT2D eigenvalue weighted by molar-refractivity contribution is 5.97. The Labute approximate surface area is 148 Å². The van der Waals surface area contributed by atoms with E-state index >= 15 is 0 Å². The molecule has 0 fully saturated rings. The van der Waals surface area contributed by atoms with Crippen molar-refractivity contribution in [2.24, 2.45) is 0 Å². The van der Waals surface area contributed by atoms with Crippen LogP contribution in [0.25, 0.3) is 0 Å². The summed E-state index contributed by atoms with van der Waals surface area (Å²) in [6.45, 7) is 6.31. The van der Waals surface area contributed by atoms with Crippen molar-refractivity contribution >= 4 is 11.9 Å². The quantitative estimate of drug-likeness (QED) is 0.311. The lowest BCUT2D eigenvalue weighted by Crippen LogP contribution is -2.28. The van der Waals surface area contributed by atoms with Gasteiger partial charge in [0.2, 0.25) is 0 Å². The summed E-state index contributed by atoms with van der Waals surface area (Å²) < 4.78 is 4.80. The number of aryl methyl sites for hydroxylation is 1. The minimum Gasteiger partial charge on any atom is -0.466 e. The molecule has 2 N–H and O–H groups in total. The van der Waals surface area contributed by atoms with Crippen LogP contribution in [-0.4, -0.2) is 25.0 Å². The molecule has 6 nitrogen and oxygen atoms in total. The van der Waals surface area contributed by atoms with Crippen LogP contribution in [0, 0.1) is 11.3 Å². The van der Waals surface area contributed by atoms with Crippen LogP contribution < -0.4 is 10.6 Å². The van der Waals surface area contributed by atoms with E-state index in [2.05, 4.69) is 17.6 Å². The Balaban J connectivity index is 2.55. The summed E-state index contributed by atoms with van der Waals surface area (Å²) in [6.07, 6.45) is 2.45. The molecular weight excluding hydrogens is 318 g/mol. The third-order valence-electron chi connectivity index (χ3n) is 3.63. The molecule has 25 heavy (non-hydrogen) atoms. The Hall–Kier alpha value is -2.81. The van der Waals surface area contributed by atoms with E-state index in [4.69, 9.17) is 10.00 Å². The van der Waals surface area contributed by atoms with Crippen molar-refractivity contribution in [3.8, 4) is 6.07 Å². The molecular formula is C19H25N3O3. The fourth-order valence-corrected chi connectivity index (χ4v) is 2.13. The van der Waals surface area contributed by atoms with Crippen LogP contribution in [0.4, 0.5) is 0 Å². The van der Waals surface area contributed by atoms with E-state index < -0.39 is 5.91 Å². The zero-order chi connectivity index (χ0) is 18.7. The van der Waals surface area contributed by atoms with Gasteiger partial charge in [-0.25, -0.2) is 0 Å². The number of nitrogens with zero attached hydrogens (tertiary/aromatic N) is 1. The van der Waals surface area contributed by atoms with Crippen LogP contribution in [0.1, 0.15) is 44.4 Å². The zero-order valence-corrected chi connectivity index (χ0v) is 15.0. The summed E-state index contributed by atoms with van der Waals surface area (Å²) in [5.41, 5.74) is 2.16. The maximum absolute atomic E-state index is 12.2. The van der Waals surface area contributed by atoms with Crippen molar-refractivity contribution in [1.82, 2.24) is 10.6 Å². The maximum Gasteiger partial charge on any atom is 0.307 e. The molecule has 0 aliphatic rings. The minimum absolute atomic E-state index is 0.0408. The number of nitriles is 1. The van der Waals surface area contributed by atoms with Crippen molar-refractivity contribution in [3.63, 3.8) is 0 Å². The highest BCUT2D eigenvalue weighted by Crippen LogP contribution is 2.14. The summed E-state index contributed by atoms with van der Waals surface area (Å²) in [5, 5.41) is 14.7. The molecule has 0 aromatic heterocycles. The van der Waals surface area contributed by atoms with Crippen molar-refractivity contribution in [2.45, 2.75) is 39.7 Å². The fraction of sp³-hybridized carbons (Fsp3) is 0.421. The van der Waals surface area contributed by atoms with Gasteiger partial charge in [-0.2, -0.15) is 5.26 Å². The molecule has 1 amide bonds. The van der Waals surface area contributed by atoms with Gasteiger partial charge >= 0.3 is 5.97 Å². The Kier molecular flexibility index (Phi) is 8.80. The smallest absolute Gasteiger partial charge is 0.307 e. The maximum atomic E-state index is 12.2. The number of rotatable bonds is 9. The first kappa shape index (κ1) is 20.2. The van der Waals surface area contributed by atoms with Crippen LogP contribution in [0.3, 0.4) is 0 Å². The van der Waals surface area contributed by atoms with Gasteiger partial charge in [0.25, 0.3) is 5.91 Å². The normalized spacial score (nSPS) is 12.0. The summed E-state index contributed by atoms with van der Waals surface area (Å²) in [7, 11) is 0. The van der Waals surface area contributed by atoms with Crippen LogP contribution in [0.5, 0.6) is 0 Å². The van der Waals surface area contributed by atoms with E-state index in [1.807, 2.05) is 37.3 Å². The van der Waals surface area contributed by atoms with E-state index in [1.165, 1.54) is 11.8 Å². The average Bonchev–Trinajstić information content (AvgIpc) is 2.61. The molecule has 0 spiro atoms. The first-order valence-corrected chi connectivity index (χ1v) is 8.40. The van der Waals surface area contributed by atoms with Crippen molar-refractivity contribution < 1.29 is 14.3 Å². The minimum atomic E-state index is -0.460. The summed E-state index contributed by atoms with van der Waals surface area (Å²) >= 11 is 0. The fourth-order valence-electron chi connectivity index (χ4n) is 2.13. The number of ether oxygens (including phenoxy) is 1. The predicted molar refractivity (Wildman–Crippen MR) is 95.3 cm³/mol. The van der Waals surface area contributed by atoms with E-state index in [-0.39, 0.29) is 24.0 Å². The van der Waals surface area contributed by atoms with Crippen LogP contribution >= 0.6 is 0 Å². The number of benzene rings is 1. The second-order valence-corrected chi connectivity index (χ2v) is 5.47. The average molecular weight is 343 g/mol. The van der Waals surface area contributed by atoms with Gasteiger partial charge in [0, 0.05) is 12.7 Å². The Bertz CT molecular complexity index is 645. The highest BCUT2D eigenvalue weighted by Gasteiger charge is 2.13. The molecule has 134 valence electrons. The molecule has 1 aromatic carbocycles. The third kappa shape index (κ3) is 7.08. The molecule has 1 unspecified atom stereocenters. The SMILES string of the molecule is CCOC(=O)CCN/C=C(/C#N)C(=O)NC(C)c1ccc(CC)cc1. The second kappa shape index (κ2) is 10.9. The van der Waals surface area contributed by atoms with Gasteiger partial charge in [-0.1, -0.05) is 31.2 Å². The van der Waals surface area contributed by atoms with E-state index in [0.29, 0.717) is 13.2 Å². The lowest BCUT2D eigenvalue weighted by atomic mass is 10.0. The Morgan fingerprint density at radius 1 is 1.28 bits per heavy atom. The predicted octanol–water partition coefficient (Wildman–Crippen LogP) is 2.38. The van der Waals surface area contributed by atoms with Crippen LogP contribution in [-0.2, 0) is 20.7 Å². The lowest BCUT2D eigenvalue weighted by Gasteiger charge is -2.14. The largest absolute Gasteiger partial charge is 0.466 e. The number of carbonyl (C=O) groups is 2. The number of esters is 1. The zero-order valence-electron chi connectivity index (χ0n) is 15.0. The number of nitrogens with one attached hydrogen (secondary N) is 2. The van der Waals surface area contributed by atoms with Gasteiger partial charge in [-0.05, 0) is 31.4 Å². The monoisotopic (exact) mass is 343 g/mol. The van der Waals surface area contributed by atoms with Gasteiger partial charge in [0.05, 0.1) is 19.1 Å². The van der Waals surface area contributed by atoms with Gasteiger partial charge in [-0.15, -0.1) is 0 Å². The standard InChI is InChI=1S/C19H25N3O3/c1-4-15-6-8-16(9-7-15)14(3)22-19(24)17(12-20)13-21-11-10-18(23)25-5-2/h6-9,13-14,21H,4-5,10-11H2,1-3H3,(H,22,24)/b17-13-. The van der Waals surface area contributed by atoms with Gasteiger partial charge in [-0.3, -0.25) is 9.59 Å². The summed E-state index contributed by atoms with van der Waals surface area (Å²) in [6, 6.07) is 9.63. The Morgan fingerprint density at radius 3 is 2.52 bits per heavy atom. The molecule has 0 heterocycles. The molecule has 6 heteroatoms.